The Morgan fingerprint density at radius 3 is 2.06 bits per heavy atom. The second kappa shape index (κ2) is 4.22. The molecule has 0 radical (unpaired) electrons. The first-order chi connectivity index (χ1) is 8.04. The highest BCUT2D eigenvalue weighted by atomic mass is 15.4. The minimum atomic E-state index is 0.357. The van der Waals surface area contributed by atoms with Crippen LogP contribution in [0.2, 0.25) is 0 Å². The maximum Gasteiger partial charge on any atom is 0.0232 e. The summed E-state index contributed by atoms with van der Waals surface area (Å²) >= 11 is 0. The Bertz CT molecular complexity index is 266. The molecule has 3 heteroatoms. The average Bonchev–Trinajstić information content (AvgIpc) is 2.45. The fourth-order valence-corrected chi connectivity index (χ4v) is 4.08. The Morgan fingerprint density at radius 2 is 1.65 bits per heavy atom. The van der Waals surface area contributed by atoms with Crippen LogP contribution in [-0.4, -0.2) is 60.1 Å². The van der Waals surface area contributed by atoms with E-state index in [-0.39, 0.29) is 0 Å². The summed E-state index contributed by atoms with van der Waals surface area (Å²) in [6.45, 7) is 13.6. The zero-order valence-corrected chi connectivity index (χ0v) is 11.6. The third-order valence-electron chi connectivity index (χ3n) is 4.71. The highest BCUT2D eigenvalue weighted by Gasteiger charge is 2.44. The molecule has 98 valence electrons. The summed E-state index contributed by atoms with van der Waals surface area (Å²) in [7, 11) is 0. The van der Waals surface area contributed by atoms with Crippen molar-refractivity contribution in [3.05, 3.63) is 0 Å². The lowest BCUT2D eigenvalue weighted by Crippen LogP contribution is -2.61. The quantitative estimate of drug-likeness (QED) is 0.777. The summed E-state index contributed by atoms with van der Waals surface area (Å²) < 4.78 is 0. The van der Waals surface area contributed by atoms with Crippen LogP contribution < -0.4 is 5.32 Å². The average molecular weight is 237 g/mol. The number of rotatable bonds is 2. The third kappa shape index (κ3) is 2.25. The van der Waals surface area contributed by atoms with Gasteiger partial charge in [-0.05, 0) is 39.5 Å². The molecule has 0 spiro atoms. The molecule has 0 aromatic rings. The van der Waals surface area contributed by atoms with E-state index in [2.05, 4.69) is 35.9 Å². The molecule has 0 aromatic heterocycles. The molecule has 3 aliphatic heterocycles. The van der Waals surface area contributed by atoms with Crippen molar-refractivity contribution in [3.8, 4) is 0 Å². The second-order valence-electron chi connectivity index (χ2n) is 7.21. The largest absolute Gasteiger partial charge is 0.316 e. The first-order valence-electron chi connectivity index (χ1n) is 7.25. The molecule has 2 bridgehead atoms. The molecule has 0 aromatic carbocycles. The molecule has 17 heavy (non-hydrogen) atoms. The van der Waals surface area contributed by atoms with Gasteiger partial charge in [-0.3, -0.25) is 9.80 Å². The van der Waals surface area contributed by atoms with Crippen molar-refractivity contribution in [1.29, 1.82) is 0 Å². The van der Waals surface area contributed by atoms with Crippen LogP contribution in [0.3, 0.4) is 0 Å². The summed E-state index contributed by atoms with van der Waals surface area (Å²) in [5, 5.41) is 3.38. The van der Waals surface area contributed by atoms with Gasteiger partial charge in [0.15, 0.2) is 0 Å². The van der Waals surface area contributed by atoms with E-state index in [4.69, 9.17) is 0 Å². The number of hydrogen-bond donors (Lipinski definition) is 1. The molecule has 3 heterocycles. The fraction of sp³-hybridized carbons (Fsp3) is 1.00. The van der Waals surface area contributed by atoms with Crippen LogP contribution in [0, 0.1) is 5.92 Å². The van der Waals surface area contributed by atoms with Gasteiger partial charge in [0, 0.05) is 50.3 Å². The monoisotopic (exact) mass is 237 g/mol. The molecule has 0 saturated carbocycles. The molecule has 3 nitrogen and oxygen atoms in total. The van der Waals surface area contributed by atoms with Crippen molar-refractivity contribution in [1.82, 2.24) is 15.1 Å². The summed E-state index contributed by atoms with van der Waals surface area (Å²) in [6, 6.07) is 1.64. The van der Waals surface area contributed by atoms with Crippen LogP contribution in [-0.2, 0) is 0 Å². The number of nitrogens with zero attached hydrogens (tertiary/aromatic N) is 2. The Morgan fingerprint density at radius 1 is 1.06 bits per heavy atom. The molecule has 0 amide bonds. The molecule has 3 saturated heterocycles. The molecule has 2 unspecified atom stereocenters. The third-order valence-corrected chi connectivity index (χ3v) is 4.71. The first kappa shape index (κ1) is 11.9. The van der Waals surface area contributed by atoms with Gasteiger partial charge >= 0.3 is 0 Å². The predicted octanol–water partition coefficient (Wildman–Crippen LogP) is 1.15. The maximum absolute atomic E-state index is 3.38. The van der Waals surface area contributed by atoms with E-state index < -0.39 is 0 Å². The van der Waals surface area contributed by atoms with Crippen molar-refractivity contribution in [2.45, 2.75) is 51.2 Å². The van der Waals surface area contributed by atoms with Gasteiger partial charge < -0.3 is 5.32 Å². The zero-order chi connectivity index (χ0) is 12.0. The molecular formula is C14H27N3. The van der Waals surface area contributed by atoms with Crippen LogP contribution >= 0.6 is 0 Å². The molecule has 3 aliphatic rings. The lowest BCUT2D eigenvalue weighted by atomic mass is 9.98. The van der Waals surface area contributed by atoms with Crippen molar-refractivity contribution < 1.29 is 0 Å². The minimum absolute atomic E-state index is 0.357. The van der Waals surface area contributed by atoms with Gasteiger partial charge in [-0.1, -0.05) is 0 Å². The normalized spacial score (nSPS) is 36.2. The van der Waals surface area contributed by atoms with Gasteiger partial charge in [-0.2, -0.15) is 0 Å². The van der Waals surface area contributed by atoms with Crippen LogP contribution in [0.4, 0.5) is 0 Å². The molecule has 0 aliphatic carbocycles. The van der Waals surface area contributed by atoms with Crippen LogP contribution in [0.5, 0.6) is 0 Å². The van der Waals surface area contributed by atoms with Gasteiger partial charge in [-0.25, -0.2) is 0 Å². The van der Waals surface area contributed by atoms with E-state index in [1.54, 1.807) is 0 Å². The fourth-order valence-electron chi connectivity index (χ4n) is 4.08. The number of nitrogens with one attached hydrogen (secondary N) is 1. The summed E-state index contributed by atoms with van der Waals surface area (Å²) in [5.74, 6) is 0.926. The lowest BCUT2D eigenvalue weighted by molar-refractivity contribution is -0.00506. The van der Waals surface area contributed by atoms with Crippen LogP contribution in [0.25, 0.3) is 0 Å². The van der Waals surface area contributed by atoms with E-state index >= 15 is 0 Å². The van der Waals surface area contributed by atoms with E-state index in [0.717, 1.165) is 18.0 Å². The van der Waals surface area contributed by atoms with Gasteiger partial charge in [0.05, 0.1) is 0 Å². The van der Waals surface area contributed by atoms with E-state index in [1.165, 1.54) is 45.6 Å². The molecule has 2 atom stereocenters. The first-order valence-corrected chi connectivity index (χ1v) is 7.25. The van der Waals surface area contributed by atoms with E-state index in [9.17, 15) is 0 Å². The molecule has 3 rings (SSSR count). The SMILES string of the molecule is CC(C)(C)N1C2CCC1CN(CC1CNC1)C2. The standard InChI is InChI=1S/C14H27N3/c1-14(2,3)17-12-4-5-13(17)10-16(9-12)8-11-6-15-7-11/h11-13,15H,4-10H2,1-3H3. The number of piperazine rings is 1. The highest BCUT2D eigenvalue weighted by Crippen LogP contribution is 2.36. The predicted molar refractivity (Wildman–Crippen MR) is 71.2 cm³/mol. The van der Waals surface area contributed by atoms with Crippen molar-refractivity contribution in [3.63, 3.8) is 0 Å². The van der Waals surface area contributed by atoms with Gasteiger partial charge in [-0.15, -0.1) is 0 Å². The van der Waals surface area contributed by atoms with Crippen LogP contribution in [0.1, 0.15) is 33.6 Å². The lowest BCUT2D eigenvalue weighted by Gasteiger charge is -2.49. The summed E-state index contributed by atoms with van der Waals surface area (Å²) in [5.41, 5.74) is 0.357. The number of hydrogen-bond acceptors (Lipinski definition) is 3. The van der Waals surface area contributed by atoms with E-state index in [1.807, 2.05) is 0 Å². The number of fused-ring (bicyclic) bond motifs is 2. The Kier molecular flexibility index (Phi) is 2.96. The Hall–Kier alpha value is -0.120. The second-order valence-corrected chi connectivity index (χ2v) is 7.21. The van der Waals surface area contributed by atoms with Gasteiger partial charge in [0.25, 0.3) is 0 Å². The van der Waals surface area contributed by atoms with Gasteiger partial charge in [0.2, 0.25) is 0 Å². The zero-order valence-electron chi connectivity index (χ0n) is 11.6. The highest BCUT2D eigenvalue weighted by molar-refractivity contribution is 5.01. The molecule has 3 fully saturated rings. The van der Waals surface area contributed by atoms with Crippen molar-refractivity contribution in [2.24, 2.45) is 5.92 Å². The Balaban J connectivity index is 1.62. The molecular weight excluding hydrogens is 210 g/mol. The Labute approximate surface area is 106 Å². The topological polar surface area (TPSA) is 18.5 Å². The minimum Gasteiger partial charge on any atom is -0.316 e. The van der Waals surface area contributed by atoms with Gasteiger partial charge in [0.1, 0.15) is 0 Å². The van der Waals surface area contributed by atoms with E-state index in [0.29, 0.717) is 5.54 Å². The number of likely N-dealkylation sites (tertiary alicyclic amines) is 1. The van der Waals surface area contributed by atoms with Crippen LogP contribution in [0.15, 0.2) is 0 Å². The summed E-state index contributed by atoms with van der Waals surface area (Å²) in [4.78, 5) is 5.53. The smallest absolute Gasteiger partial charge is 0.0232 e. The summed E-state index contributed by atoms with van der Waals surface area (Å²) in [6.07, 6.45) is 2.84. The maximum atomic E-state index is 3.38. The van der Waals surface area contributed by atoms with Crippen molar-refractivity contribution in [2.75, 3.05) is 32.7 Å². The van der Waals surface area contributed by atoms with Crippen molar-refractivity contribution >= 4 is 0 Å². The molecule has 1 N–H and O–H groups in total.